The molecule has 130 valence electrons. The Morgan fingerprint density at radius 2 is 2.17 bits per heavy atom. The number of hydrogen-bond acceptors (Lipinski definition) is 5. The quantitative estimate of drug-likeness (QED) is 0.725. The van der Waals surface area contributed by atoms with Crippen molar-refractivity contribution < 1.29 is 9.90 Å². The molecule has 0 aliphatic rings. The van der Waals surface area contributed by atoms with Gasteiger partial charge in [0, 0.05) is 28.7 Å². The highest BCUT2D eigenvalue weighted by molar-refractivity contribution is 7.13. The van der Waals surface area contributed by atoms with Gasteiger partial charge in [0.15, 0.2) is 5.13 Å². The van der Waals surface area contributed by atoms with E-state index in [0.29, 0.717) is 27.4 Å². The number of aliphatic hydroxyl groups excluding tert-OH is 1. The van der Waals surface area contributed by atoms with Crippen LogP contribution in [0.4, 0.5) is 15.6 Å². The van der Waals surface area contributed by atoms with Crippen molar-refractivity contribution in [2.24, 2.45) is 0 Å². The third-order valence-corrected chi connectivity index (χ3v) is 4.70. The third kappa shape index (κ3) is 5.17. The number of carbonyl (C=O) groups is 1. The van der Waals surface area contributed by atoms with Gasteiger partial charge in [0.2, 0.25) is 0 Å². The van der Waals surface area contributed by atoms with Gasteiger partial charge in [-0.05, 0) is 38.6 Å². The molecule has 0 unspecified atom stereocenters. The van der Waals surface area contributed by atoms with E-state index in [1.54, 1.807) is 18.2 Å². The zero-order chi connectivity index (χ0) is 17.7. The molecule has 1 aromatic heterocycles. The number of carbonyl (C=O) groups excluding carboxylic acids is 1. The maximum atomic E-state index is 12.0. The number of aliphatic hydroxyl groups is 1. The lowest BCUT2D eigenvalue weighted by molar-refractivity contribution is 0.261. The van der Waals surface area contributed by atoms with Gasteiger partial charge in [-0.15, -0.1) is 11.3 Å². The molecule has 2 rings (SSSR count). The van der Waals surface area contributed by atoms with Crippen molar-refractivity contribution in [1.82, 2.24) is 9.88 Å². The average Bonchev–Trinajstić information content (AvgIpc) is 2.94. The number of nitrogens with one attached hydrogen (secondary N) is 2. The molecule has 0 atom stereocenters. The van der Waals surface area contributed by atoms with Crippen LogP contribution in [0.15, 0.2) is 23.6 Å². The van der Waals surface area contributed by atoms with Gasteiger partial charge in [0.05, 0.1) is 12.3 Å². The number of halogens is 1. The van der Waals surface area contributed by atoms with Crippen LogP contribution in [-0.2, 0) is 13.2 Å². The van der Waals surface area contributed by atoms with E-state index in [0.717, 1.165) is 12.2 Å². The summed E-state index contributed by atoms with van der Waals surface area (Å²) in [7, 11) is 2.03. The Morgan fingerprint density at radius 1 is 1.42 bits per heavy atom. The second kappa shape index (κ2) is 8.43. The van der Waals surface area contributed by atoms with E-state index < -0.39 is 0 Å². The highest BCUT2D eigenvalue weighted by Gasteiger charge is 2.10. The molecule has 1 aromatic carbocycles. The lowest BCUT2D eigenvalue weighted by atomic mass is 10.2. The van der Waals surface area contributed by atoms with Gasteiger partial charge in [-0.3, -0.25) is 10.2 Å². The Kier molecular flexibility index (Phi) is 6.56. The van der Waals surface area contributed by atoms with Gasteiger partial charge in [0.25, 0.3) is 0 Å². The van der Waals surface area contributed by atoms with Gasteiger partial charge >= 0.3 is 6.03 Å². The van der Waals surface area contributed by atoms with E-state index >= 15 is 0 Å². The van der Waals surface area contributed by atoms with Gasteiger partial charge in [-0.25, -0.2) is 9.78 Å². The van der Waals surface area contributed by atoms with Crippen LogP contribution in [0.3, 0.4) is 0 Å². The van der Waals surface area contributed by atoms with Gasteiger partial charge in [-0.2, -0.15) is 0 Å². The summed E-state index contributed by atoms with van der Waals surface area (Å²) in [6, 6.07) is 4.99. The highest BCUT2D eigenvalue weighted by atomic mass is 35.5. The minimum atomic E-state index is -0.388. The SMILES string of the molecule is CC(C)N(C)Cc1csc(NC(=O)Nc2ccc(CO)c(Cl)c2)n1. The first kappa shape index (κ1) is 18.7. The van der Waals surface area contributed by atoms with E-state index in [-0.39, 0.29) is 12.6 Å². The van der Waals surface area contributed by atoms with Gasteiger partial charge in [-0.1, -0.05) is 17.7 Å². The van der Waals surface area contributed by atoms with E-state index in [1.807, 2.05) is 12.4 Å². The van der Waals surface area contributed by atoms with Crippen molar-refractivity contribution in [2.45, 2.75) is 33.0 Å². The van der Waals surface area contributed by atoms with Gasteiger partial charge < -0.3 is 10.4 Å². The van der Waals surface area contributed by atoms with Crippen LogP contribution in [0.1, 0.15) is 25.1 Å². The smallest absolute Gasteiger partial charge is 0.325 e. The minimum Gasteiger partial charge on any atom is -0.392 e. The Hall–Kier alpha value is -1.67. The fraction of sp³-hybridized carbons (Fsp3) is 0.375. The fourth-order valence-corrected chi connectivity index (χ4v) is 2.82. The summed E-state index contributed by atoms with van der Waals surface area (Å²) in [5, 5.41) is 17.4. The normalized spacial score (nSPS) is 11.1. The maximum Gasteiger partial charge on any atom is 0.325 e. The first-order valence-corrected chi connectivity index (χ1v) is 8.76. The average molecular weight is 369 g/mol. The number of thiazole rings is 1. The first-order valence-electron chi connectivity index (χ1n) is 7.51. The lowest BCUT2D eigenvalue weighted by Crippen LogP contribution is -2.25. The summed E-state index contributed by atoms with van der Waals surface area (Å²) >= 11 is 7.39. The van der Waals surface area contributed by atoms with E-state index in [4.69, 9.17) is 16.7 Å². The summed E-state index contributed by atoms with van der Waals surface area (Å²) in [5.41, 5.74) is 2.08. The third-order valence-electron chi connectivity index (χ3n) is 3.55. The fourth-order valence-electron chi connectivity index (χ4n) is 1.89. The zero-order valence-corrected chi connectivity index (χ0v) is 15.4. The van der Waals surface area contributed by atoms with Crippen LogP contribution in [0.25, 0.3) is 0 Å². The molecule has 0 aliphatic carbocycles. The molecule has 0 fully saturated rings. The standard InChI is InChI=1S/C16H21ClN4O2S/c1-10(2)21(3)7-13-9-24-16(19-13)20-15(23)18-12-5-4-11(8-22)14(17)6-12/h4-6,9-10,22H,7-8H2,1-3H3,(H2,18,19,20,23). The van der Waals surface area contributed by atoms with Crippen LogP contribution in [0.5, 0.6) is 0 Å². The van der Waals surface area contributed by atoms with Crippen molar-refractivity contribution >= 4 is 39.8 Å². The number of benzene rings is 1. The van der Waals surface area contributed by atoms with E-state index in [9.17, 15) is 4.79 Å². The van der Waals surface area contributed by atoms with Crippen molar-refractivity contribution in [3.05, 3.63) is 39.9 Å². The lowest BCUT2D eigenvalue weighted by Gasteiger charge is -2.19. The summed E-state index contributed by atoms with van der Waals surface area (Å²) in [6.07, 6.45) is 0. The van der Waals surface area contributed by atoms with Crippen molar-refractivity contribution in [3.63, 3.8) is 0 Å². The molecule has 8 heteroatoms. The summed E-state index contributed by atoms with van der Waals surface area (Å²) in [4.78, 5) is 18.6. The zero-order valence-electron chi connectivity index (χ0n) is 13.8. The van der Waals surface area contributed by atoms with E-state index in [1.165, 1.54) is 11.3 Å². The topological polar surface area (TPSA) is 77.5 Å². The predicted octanol–water partition coefficient (Wildman–Crippen LogP) is 3.77. The monoisotopic (exact) mass is 368 g/mol. The second-order valence-corrected chi connectivity index (χ2v) is 6.96. The first-order chi connectivity index (χ1) is 11.4. The molecule has 2 amide bonds. The molecule has 0 radical (unpaired) electrons. The van der Waals surface area contributed by atoms with Crippen LogP contribution in [-0.4, -0.2) is 34.1 Å². The molecule has 0 saturated heterocycles. The molecule has 0 saturated carbocycles. The summed E-state index contributed by atoms with van der Waals surface area (Å²) in [5.74, 6) is 0. The molecule has 6 nitrogen and oxygen atoms in total. The molecule has 0 aliphatic heterocycles. The number of rotatable bonds is 6. The van der Waals surface area contributed by atoms with Crippen molar-refractivity contribution in [3.8, 4) is 0 Å². The number of urea groups is 1. The number of aromatic nitrogens is 1. The molecule has 0 bridgehead atoms. The van der Waals surface area contributed by atoms with Crippen LogP contribution >= 0.6 is 22.9 Å². The predicted molar refractivity (Wildman–Crippen MR) is 98.7 cm³/mol. The van der Waals surface area contributed by atoms with Gasteiger partial charge in [0.1, 0.15) is 0 Å². The number of amides is 2. The Morgan fingerprint density at radius 3 is 2.79 bits per heavy atom. The largest absolute Gasteiger partial charge is 0.392 e. The summed E-state index contributed by atoms with van der Waals surface area (Å²) < 4.78 is 0. The molecular formula is C16H21ClN4O2S. The number of anilines is 2. The molecule has 24 heavy (non-hydrogen) atoms. The van der Waals surface area contributed by atoms with E-state index in [2.05, 4.69) is 34.4 Å². The van der Waals surface area contributed by atoms with Crippen LogP contribution < -0.4 is 10.6 Å². The van der Waals surface area contributed by atoms with Crippen LogP contribution in [0.2, 0.25) is 5.02 Å². The molecule has 1 heterocycles. The number of nitrogens with zero attached hydrogens (tertiary/aromatic N) is 2. The molecule has 3 N–H and O–H groups in total. The molecule has 2 aromatic rings. The van der Waals surface area contributed by atoms with Crippen LogP contribution in [0, 0.1) is 0 Å². The van der Waals surface area contributed by atoms with Crippen molar-refractivity contribution in [1.29, 1.82) is 0 Å². The Labute approximate surface area is 150 Å². The number of hydrogen-bond donors (Lipinski definition) is 3. The Balaban J connectivity index is 1.93. The highest BCUT2D eigenvalue weighted by Crippen LogP contribution is 2.22. The Bertz CT molecular complexity index is 705. The summed E-state index contributed by atoms with van der Waals surface area (Å²) in [6.45, 7) is 4.83. The minimum absolute atomic E-state index is 0.141. The maximum absolute atomic E-state index is 12.0. The molecular weight excluding hydrogens is 348 g/mol. The molecule has 0 spiro atoms. The second-order valence-electron chi connectivity index (χ2n) is 5.70. The van der Waals surface area contributed by atoms with Crippen molar-refractivity contribution in [2.75, 3.05) is 17.7 Å².